The van der Waals surface area contributed by atoms with Gasteiger partial charge in [-0.15, -0.1) is 0 Å². The van der Waals surface area contributed by atoms with Gasteiger partial charge in [-0.05, 0) is 44.2 Å². The Bertz CT molecular complexity index is 922. The molecule has 2 saturated heterocycles. The molecule has 0 bridgehead atoms. The average Bonchev–Trinajstić information content (AvgIpc) is 2.97. The number of amides is 2. The summed E-state index contributed by atoms with van der Waals surface area (Å²) >= 11 is 0. The maximum absolute atomic E-state index is 13.0. The molecule has 0 aromatic heterocycles. The first-order chi connectivity index (χ1) is 14.8. The van der Waals surface area contributed by atoms with Crippen LogP contribution in [0.25, 0.3) is 0 Å². The van der Waals surface area contributed by atoms with Gasteiger partial charge in [0.05, 0.1) is 22.4 Å². The van der Waals surface area contributed by atoms with E-state index in [4.69, 9.17) is 0 Å². The van der Waals surface area contributed by atoms with Crippen LogP contribution in [0.5, 0.6) is 0 Å². The van der Waals surface area contributed by atoms with E-state index in [2.05, 4.69) is 18.4 Å². The van der Waals surface area contributed by atoms with Crippen molar-refractivity contribution in [2.75, 3.05) is 42.5 Å². The van der Waals surface area contributed by atoms with Crippen molar-refractivity contribution in [3.8, 4) is 0 Å². The summed E-state index contributed by atoms with van der Waals surface area (Å²) in [4.78, 5) is 42.9. The molecule has 2 amide bonds. The molecule has 166 valence electrons. The first-order valence-corrected chi connectivity index (χ1v) is 11.0. The Morgan fingerprint density at radius 2 is 1.81 bits per heavy atom. The molecule has 1 aromatic rings. The molecule has 2 aliphatic heterocycles. The van der Waals surface area contributed by atoms with Gasteiger partial charge in [0.2, 0.25) is 11.8 Å². The smallest absolute Gasteiger partial charge is 0.294 e. The van der Waals surface area contributed by atoms with Gasteiger partial charge in [0, 0.05) is 38.8 Å². The van der Waals surface area contributed by atoms with Gasteiger partial charge in [0.25, 0.3) is 5.69 Å². The Labute approximate surface area is 182 Å². The first-order valence-electron chi connectivity index (χ1n) is 11.0. The van der Waals surface area contributed by atoms with E-state index in [1.54, 1.807) is 12.1 Å². The van der Waals surface area contributed by atoms with Crippen LogP contribution in [0.2, 0.25) is 0 Å². The molecule has 0 N–H and O–H groups in total. The summed E-state index contributed by atoms with van der Waals surface area (Å²) in [6.07, 6.45) is 2.35. The van der Waals surface area contributed by atoms with Gasteiger partial charge in [-0.25, -0.2) is 4.90 Å². The molecule has 0 radical (unpaired) electrons. The number of hydrogen-bond acceptors (Lipinski definition) is 6. The number of benzene rings is 1. The third-order valence-electron chi connectivity index (χ3n) is 6.81. The topological polar surface area (TPSA) is 87.0 Å². The van der Waals surface area contributed by atoms with Crippen LogP contribution in [0.15, 0.2) is 30.4 Å². The van der Waals surface area contributed by atoms with Gasteiger partial charge in [-0.3, -0.25) is 24.6 Å². The number of imide groups is 1. The fourth-order valence-corrected chi connectivity index (χ4v) is 5.24. The molecule has 2 heterocycles. The van der Waals surface area contributed by atoms with E-state index in [0.717, 1.165) is 31.6 Å². The van der Waals surface area contributed by atoms with Gasteiger partial charge < -0.3 is 4.90 Å². The fraction of sp³-hybridized carbons (Fsp3) is 0.565. The van der Waals surface area contributed by atoms with Crippen LogP contribution in [-0.4, -0.2) is 54.4 Å². The number of piperazine rings is 1. The largest absolute Gasteiger partial charge is 0.363 e. The van der Waals surface area contributed by atoms with E-state index in [-0.39, 0.29) is 29.3 Å². The summed E-state index contributed by atoms with van der Waals surface area (Å²) in [5.41, 5.74) is 1.88. The molecule has 0 unspecified atom stereocenters. The minimum Gasteiger partial charge on any atom is -0.363 e. The third kappa shape index (κ3) is 4.08. The van der Waals surface area contributed by atoms with Crippen molar-refractivity contribution in [3.05, 3.63) is 40.5 Å². The lowest BCUT2D eigenvalue weighted by Crippen LogP contribution is -2.47. The van der Waals surface area contributed by atoms with E-state index >= 15 is 0 Å². The third-order valence-corrected chi connectivity index (χ3v) is 6.81. The average molecular weight is 427 g/mol. The number of nitrogens with zero attached hydrogens (tertiary/aromatic N) is 4. The second-order valence-electron chi connectivity index (χ2n) is 9.29. The normalized spacial score (nSPS) is 26.8. The highest BCUT2D eigenvalue weighted by Crippen LogP contribution is 2.43. The molecule has 3 atom stereocenters. The van der Waals surface area contributed by atoms with Crippen molar-refractivity contribution < 1.29 is 14.5 Å². The van der Waals surface area contributed by atoms with Gasteiger partial charge in [-0.1, -0.05) is 19.1 Å². The number of fused-ring (bicyclic) bond motifs is 1. The molecule has 3 aliphatic rings. The maximum atomic E-state index is 13.0. The van der Waals surface area contributed by atoms with Crippen molar-refractivity contribution in [3.63, 3.8) is 0 Å². The van der Waals surface area contributed by atoms with Crippen LogP contribution in [-0.2, 0) is 9.59 Å². The molecule has 31 heavy (non-hydrogen) atoms. The lowest BCUT2D eigenvalue weighted by atomic mass is 9.76. The molecule has 8 heteroatoms. The molecule has 0 spiro atoms. The van der Waals surface area contributed by atoms with Crippen LogP contribution >= 0.6 is 0 Å². The highest BCUT2D eigenvalue weighted by Gasteiger charge is 2.50. The van der Waals surface area contributed by atoms with Gasteiger partial charge in [0.1, 0.15) is 5.69 Å². The number of carbonyl (C=O) groups excluding carboxylic acids is 2. The van der Waals surface area contributed by atoms with E-state index in [0.29, 0.717) is 43.2 Å². The molecular weight excluding hydrogens is 396 g/mol. The predicted molar refractivity (Wildman–Crippen MR) is 119 cm³/mol. The lowest BCUT2D eigenvalue weighted by molar-refractivity contribution is -0.384. The van der Waals surface area contributed by atoms with E-state index in [9.17, 15) is 19.7 Å². The van der Waals surface area contributed by atoms with Crippen LogP contribution < -0.4 is 9.80 Å². The van der Waals surface area contributed by atoms with Crippen molar-refractivity contribution in [1.82, 2.24) is 4.90 Å². The zero-order valence-corrected chi connectivity index (χ0v) is 18.2. The molecule has 3 fully saturated rings. The standard InChI is InChI=1S/C23H30N4O4/c1-15(2)14-24-8-10-25(11-9-24)20-7-5-17(13-21(20)27(30)31)26-22(28)18-6-4-16(3)12-19(18)23(26)29/h5,7,13,16,18-19H,1,4,6,8-12,14H2,2-3H3/t16-,18-,19+/m1/s1. The molecule has 1 aliphatic carbocycles. The number of nitro benzene ring substituents is 1. The van der Waals surface area contributed by atoms with Crippen molar-refractivity contribution >= 4 is 28.9 Å². The Kier molecular flexibility index (Phi) is 5.83. The number of rotatable bonds is 5. The number of anilines is 2. The summed E-state index contributed by atoms with van der Waals surface area (Å²) < 4.78 is 0. The zero-order valence-electron chi connectivity index (χ0n) is 18.2. The first kappa shape index (κ1) is 21.5. The molecule has 4 rings (SSSR count). The van der Waals surface area contributed by atoms with Crippen LogP contribution in [0, 0.1) is 27.9 Å². The SMILES string of the molecule is C=C(C)CN1CCN(c2ccc(N3C(=O)[C@H]4C[C@H](C)CC[C@H]4C3=O)cc2[N+](=O)[O-])CC1. The summed E-state index contributed by atoms with van der Waals surface area (Å²) in [7, 11) is 0. The van der Waals surface area contributed by atoms with E-state index < -0.39 is 4.92 Å². The van der Waals surface area contributed by atoms with Crippen LogP contribution in [0.4, 0.5) is 17.1 Å². The van der Waals surface area contributed by atoms with Crippen molar-refractivity contribution in [2.24, 2.45) is 17.8 Å². The second-order valence-corrected chi connectivity index (χ2v) is 9.29. The van der Waals surface area contributed by atoms with E-state index in [1.807, 2.05) is 11.8 Å². The number of nitro groups is 1. The summed E-state index contributed by atoms with van der Waals surface area (Å²) in [6, 6.07) is 4.76. The van der Waals surface area contributed by atoms with Gasteiger partial charge in [-0.2, -0.15) is 0 Å². The summed E-state index contributed by atoms with van der Waals surface area (Å²) in [5.74, 6) is -0.590. The van der Waals surface area contributed by atoms with Gasteiger partial charge >= 0.3 is 0 Å². The summed E-state index contributed by atoms with van der Waals surface area (Å²) in [6.45, 7) is 11.8. The molecule has 8 nitrogen and oxygen atoms in total. The number of carbonyl (C=O) groups is 2. The minimum absolute atomic E-state index is 0.0605. The quantitative estimate of drug-likeness (QED) is 0.311. The monoisotopic (exact) mass is 426 g/mol. The Morgan fingerprint density at radius 3 is 2.45 bits per heavy atom. The van der Waals surface area contributed by atoms with Crippen LogP contribution in [0.1, 0.15) is 33.1 Å². The van der Waals surface area contributed by atoms with Crippen molar-refractivity contribution in [2.45, 2.75) is 33.1 Å². The highest BCUT2D eigenvalue weighted by molar-refractivity contribution is 6.22. The maximum Gasteiger partial charge on any atom is 0.294 e. The molecule has 1 saturated carbocycles. The fourth-order valence-electron chi connectivity index (χ4n) is 5.24. The highest BCUT2D eigenvalue weighted by atomic mass is 16.6. The Balaban J connectivity index is 1.57. The van der Waals surface area contributed by atoms with Crippen molar-refractivity contribution in [1.29, 1.82) is 0 Å². The Morgan fingerprint density at radius 1 is 1.13 bits per heavy atom. The second kappa shape index (κ2) is 8.42. The van der Waals surface area contributed by atoms with Gasteiger partial charge in [0.15, 0.2) is 0 Å². The van der Waals surface area contributed by atoms with E-state index in [1.165, 1.54) is 11.0 Å². The summed E-state index contributed by atoms with van der Waals surface area (Å²) in [5, 5.41) is 11.9. The lowest BCUT2D eigenvalue weighted by Gasteiger charge is -2.36. The van der Waals surface area contributed by atoms with Crippen LogP contribution in [0.3, 0.4) is 0 Å². The molecular formula is C23H30N4O4. The molecule has 1 aromatic carbocycles. The Hall–Kier alpha value is -2.74. The predicted octanol–water partition coefficient (Wildman–Crippen LogP) is 3.22. The zero-order chi connectivity index (χ0) is 22.3. The number of hydrogen-bond donors (Lipinski definition) is 0. The minimum atomic E-state index is -0.417.